The Labute approximate surface area is 158 Å². The van der Waals surface area contributed by atoms with Gasteiger partial charge in [-0.2, -0.15) is 0 Å². The van der Waals surface area contributed by atoms with Gasteiger partial charge in [0.25, 0.3) is 0 Å². The third kappa shape index (κ3) is 4.01. The number of rotatable bonds is 6. The molecule has 0 spiro atoms. The van der Waals surface area contributed by atoms with Crippen molar-refractivity contribution < 1.29 is 9.53 Å². The van der Waals surface area contributed by atoms with Crippen LogP contribution >= 0.6 is 0 Å². The number of amides is 1. The Hall–Kier alpha value is -2.73. The first kappa shape index (κ1) is 17.7. The molecule has 4 heterocycles. The maximum Gasteiger partial charge on any atom is 0.229 e. The zero-order valence-corrected chi connectivity index (χ0v) is 15.5. The largest absolute Gasteiger partial charge is 0.376 e. The van der Waals surface area contributed by atoms with Gasteiger partial charge in [0.2, 0.25) is 5.91 Å². The molecule has 0 bridgehead atoms. The molecule has 1 saturated heterocycles. The molecular formula is C21H24N4O2. The highest BCUT2D eigenvalue weighted by Crippen LogP contribution is 2.17. The van der Waals surface area contributed by atoms with Gasteiger partial charge in [-0.25, -0.2) is 4.98 Å². The van der Waals surface area contributed by atoms with E-state index in [0.717, 1.165) is 42.0 Å². The molecule has 0 N–H and O–H groups in total. The van der Waals surface area contributed by atoms with Crippen molar-refractivity contribution in [3.8, 4) is 0 Å². The average molecular weight is 364 g/mol. The number of hydrogen-bond acceptors (Lipinski definition) is 4. The summed E-state index contributed by atoms with van der Waals surface area (Å²) < 4.78 is 7.76. The minimum atomic E-state index is 0.0689. The number of fused-ring (bicyclic) bond motifs is 1. The van der Waals surface area contributed by atoms with E-state index in [1.165, 1.54) is 0 Å². The van der Waals surface area contributed by atoms with E-state index >= 15 is 0 Å². The summed E-state index contributed by atoms with van der Waals surface area (Å²) in [4.78, 5) is 23.9. The number of aromatic nitrogens is 3. The average Bonchev–Trinajstić information content (AvgIpc) is 3.33. The Morgan fingerprint density at radius 3 is 3.00 bits per heavy atom. The Morgan fingerprint density at radius 1 is 1.30 bits per heavy atom. The van der Waals surface area contributed by atoms with Crippen LogP contribution in [0.5, 0.6) is 0 Å². The van der Waals surface area contributed by atoms with Gasteiger partial charge in [0.05, 0.1) is 30.5 Å². The summed E-state index contributed by atoms with van der Waals surface area (Å²) in [5.74, 6) is 0.0689. The summed E-state index contributed by atoms with van der Waals surface area (Å²) in [5, 5.41) is 0. The van der Waals surface area contributed by atoms with Crippen molar-refractivity contribution in [2.45, 2.75) is 38.8 Å². The SMILES string of the molecule is Cc1cccn2c(CC(=O)N(Cc3ccccn3)CC3CCCO3)cnc12. The molecule has 3 aromatic rings. The summed E-state index contributed by atoms with van der Waals surface area (Å²) >= 11 is 0. The first-order valence-electron chi connectivity index (χ1n) is 9.41. The monoisotopic (exact) mass is 364 g/mol. The van der Waals surface area contributed by atoms with E-state index in [1.54, 1.807) is 12.4 Å². The van der Waals surface area contributed by atoms with Crippen LogP contribution in [-0.4, -0.2) is 44.4 Å². The van der Waals surface area contributed by atoms with Crippen LogP contribution in [0.4, 0.5) is 0 Å². The normalized spacial score (nSPS) is 16.7. The van der Waals surface area contributed by atoms with Crippen molar-refractivity contribution in [1.29, 1.82) is 0 Å². The minimum Gasteiger partial charge on any atom is -0.376 e. The number of hydrogen-bond donors (Lipinski definition) is 0. The summed E-state index contributed by atoms with van der Waals surface area (Å²) in [6.07, 6.45) is 8.00. The van der Waals surface area contributed by atoms with Gasteiger partial charge in [-0.15, -0.1) is 0 Å². The fourth-order valence-corrected chi connectivity index (χ4v) is 3.58. The number of carbonyl (C=O) groups is 1. The van der Waals surface area contributed by atoms with Crippen LogP contribution in [0.15, 0.2) is 48.9 Å². The number of nitrogens with zero attached hydrogens (tertiary/aromatic N) is 4. The number of imidazole rings is 1. The Kier molecular flexibility index (Phi) is 5.16. The number of pyridine rings is 2. The standard InChI is InChI=1S/C21H24N4O2/c1-16-6-4-10-25-18(13-23-21(16)25)12-20(26)24(15-19-8-5-11-27-19)14-17-7-2-3-9-22-17/h2-4,6-7,9-10,13,19H,5,8,11-12,14-15H2,1H3. The Bertz CT molecular complexity index is 916. The third-order valence-corrected chi connectivity index (χ3v) is 5.02. The van der Waals surface area contributed by atoms with Gasteiger partial charge in [0.1, 0.15) is 5.65 Å². The quantitative estimate of drug-likeness (QED) is 0.675. The summed E-state index contributed by atoms with van der Waals surface area (Å²) in [7, 11) is 0. The fraction of sp³-hybridized carbons (Fsp3) is 0.381. The smallest absolute Gasteiger partial charge is 0.229 e. The minimum absolute atomic E-state index is 0.0689. The van der Waals surface area contributed by atoms with Crippen molar-refractivity contribution in [3.63, 3.8) is 0 Å². The maximum atomic E-state index is 13.1. The van der Waals surface area contributed by atoms with Gasteiger partial charge in [0, 0.05) is 31.7 Å². The fourth-order valence-electron chi connectivity index (χ4n) is 3.58. The van der Waals surface area contributed by atoms with Gasteiger partial charge < -0.3 is 14.0 Å². The molecule has 3 aromatic heterocycles. The maximum absolute atomic E-state index is 13.1. The van der Waals surface area contributed by atoms with Gasteiger partial charge in [-0.05, 0) is 43.5 Å². The highest BCUT2D eigenvalue weighted by Gasteiger charge is 2.24. The zero-order chi connectivity index (χ0) is 18.6. The van der Waals surface area contributed by atoms with E-state index in [2.05, 4.69) is 9.97 Å². The van der Waals surface area contributed by atoms with E-state index in [-0.39, 0.29) is 12.0 Å². The van der Waals surface area contributed by atoms with E-state index in [9.17, 15) is 4.79 Å². The van der Waals surface area contributed by atoms with Crippen LogP contribution in [0, 0.1) is 6.92 Å². The van der Waals surface area contributed by atoms with E-state index in [0.29, 0.717) is 19.5 Å². The molecule has 0 aromatic carbocycles. The van der Waals surface area contributed by atoms with Gasteiger partial charge in [-0.1, -0.05) is 12.1 Å². The van der Waals surface area contributed by atoms with Crippen molar-refractivity contribution in [2.24, 2.45) is 0 Å². The molecule has 140 valence electrons. The number of aryl methyl sites for hydroxylation is 1. The van der Waals surface area contributed by atoms with Crippen LogP contribution in [0.1, 0.15) is 29.8 Å². The first-order valence-corrected chi connectivity index (χ1v) is 9.41. The van der Waals surface area contributed by atoms with Gasteiger partial charge in [0.15, 0.2) is 0 Å². The lowest BCUT2D eigenvalue weighted by molar-refractivity contribution is -0.132. The highest BCUT2D eigenvalue weighted by atomic mass is 16.5. The van der Waals surface area contributed by atoms with Crippen LogP contribution < -0.4 is 0 Å². The predicted octanol–water partition coefficient (Wildman–Crippen LogP) is 2.79. The van der Waals surface area contributed by atoms with Crippen LogP contribution in [0.25, 0.3) is 5.65 Å². The van der Waals surface area contributed by atoms with E-state index < -0.39 is 0 Å². The van der Waals surface area contributed by atoms with Gasteiger partial charge >= 0.3 is 0 Å². The molecule has 27 heavy (non-hydrogen) atoms. The molecule has 4 rings (SSSR count). The lowest BCUT2D eigenvalue weighted by atomic mass is 10.2. The van der Waals surface area contributed by atoms with Crippen molar-refractivity contribution in [1.82, 2.24) is 19.3 Å². The van der Waals surface area contributed by atoms with Crippen molar-refractivity contribution >= 4 is 11.6 Å². The molecule has 1 atom stereocenters. The lowest BCUT2D eigenvalue weighted by Crippen LogP contribution is -2.38. The van der Waals surface area contributed by atoms with Gasteiger partial charge in [-0.3, -0.25) is 9.78 Å². The Morgan fingerprint density at radius 2 is 2.22 bits per heavy atom. The third-order valence-electron chi connectivity index (χ3n) is 5.02. The molecule has 0 aliphatic carbocycles. The molecule has 1 unspecified atom stereocenters. The molecule has 1 aliphatic rings. The molecular weight excluding hydrogens is 340 g/mol. The number of carbonyl (C=O) groups excluding carboxylic acids is 1. The van der Waals surface area contributed by atoms with Crippen molar-refractivity contribution in [3.05, 3.63) is 65.9 Å². The topological polar surface area (TPSA) is 59.7 Å². The summed E-state index contributed by atoms with van der Waals surface area (Å²) in [6.45, 7) is 3.90. The summed E-state index contributed by atoms with van der Waals surface area (Å²) in [5.41, 5.74) is 3.78. The molecule has 0 radical (unpaired) electrons. The lowest BCUT2D eigenvalue weighted by Gasteiger charge is -2.25. The second kappa shape index (κ2) is 7.88. The molecule has 1 fully saturated rings. The molecule has 1 amide bonds. The van der Waals surface area contributed by atoms with Crippen LogP contribution in [-0.2, 0) is 22.5 Å². The van der Waals surface area contributed by atoms with Crippen LogP contribution in [0.2, 0.25) is 0 Å². The molecule has 0 saturated carbocycles. The second-order valence-corrected chi connectivity index (χ2v) is 7.04. The highest BCUT2D eigenvalue weighted by molar-refractivity contribution is 5.78. The predicted molar refractivity (Wildman–Crippen MR) is 102 cm³/mol. The molecule has 6 nitrogen and oxygen atoms in total. The van der Waals surface area contributed by atoms with E-state index in [1.807, 2.05) is 52.8 Å². The second-order valence-electron chi connectivity index (χ2n) is 7.04. The first-order chi connectivity index (χ1) is 13.2. The summed E-state index contributed by atoms with van der Waals surface area (Å²) in [6, 6.07) is 9.79. The zero-order valence-electron chi connectivity index (χ0n) is 15.5. The number of ether oxygens (including phenoxy) is 1. The van der Waals surface area contributed by atoms with Crippen molar-refractivity contribution in [2.75, 3.05) is 13.2 Å². The molecule has 6 heteroatoms. The van der Waals surface area contributed by atoms with E-state index in [4.69, 9.17) is 4.74 Å². The Balaban J connectivity index is 1.54. The van der Waals surface area contributed by atoms with Crippen LogP contribution in [0.3, 0.4) is 0 Å². The molecule has 1 aliphatic heterocycles.